The summed E-state index contributed by atoms with van der Waals surface area (Å²) in [6.45, 7) is 1.99. The number of hydrogen-bond acceptors (Lipinski definition) is 3. The first kappa shape index (κ1) is 15.1. The molecule has 1 aromatic rings. The number of quaternary nitrogens is 1. The first-order valence-corrected chi connectivity index (χ1v) is 6.41. The minimum absolute atomic E-state index is 0.100. The van der Waals surface area contributed by atoms with Gasteiger partial charge in [0.1, 0.15) is 0 Å². The average molecular weight is 289 g/mol. The number of hydrogen-bond donors (Lipinski definition) is 1. The Hall–Kier alpha value is -1.31. The van der Waals surface area contributed by atoms with E-state index in [9.17, 15) is 18.4 Å². The van der Waals surface area contributed by atoms with Gasteiger partial charge in [-0.2, -0.15) is 13.2 Å². The number of likely N-dealkylation sites (N-methyl/N-ethyl adjacent to an activating group) is 1. The zero-order valence-corrected chi connectivity index (χ0v) is 11.3. The Morgan fingerprint density at radius 2 is 1.90 bits per heavy atom. The van der Waals surface area contributed by atoms with E-state index >= 15 is 0 Å². The number of piperazine rings is 1. The second-order valence-electron chi connectivity index (χ2n) is 5.43. The highest BCUT2D eigenvalue weighted by molar-refractivity contribution is 5.46. The number of hydroxylamine groups is 3. The van der Waals surface area contributed by atoms with Crippen molar-refractivity contribution in [1.82, 2.24) is 4.90 Å². The van der Waals surface area contributed by atoms with Crippen LogP contribution in [0.4, 0.5) is 18.9 Å². The van der Waals surface area contributed by atoms with Crippen molar-refractivity contribution < 1.29 is 17.8 Å². The molecule has 0 radical (unpaired) electrons. The number of benzene rings is 1. The molecule has 0 amide bonds. The van der Waals surface area contributed by atoms with Gasteiger partial charge in [0.15, 0.2) is 0 Å². The molecule has 1 aliphatic rings. The molecule has 1 aliphatic heterocycles. The summed E-state index contributed by atoms with van der Waals surface area (Å²) in [7, 11) is 1.59. The van der Waals surface area contributed by atoms with Crippen molar-refractivity contribution in [2.75, 3.05) is 39.0 Å². The molecule has 0 aliphatic carbocycles. The molecule has 0 atom stereocenters. The molecule has 2 N–H and O–H groups in total. The molecular weight excluding hydrogens is 271 g/mol. The molecule has 0 saturated carbocycles. The van der Waals surface area contributed by atoms with Crippen molar-refractivity contribution >= 4 is 5.69 Å². The van der Waals surface area contributed by atoms with Crippen LogP contribution in [-0.4, -0.2) is 42.8 Å². The number of nitrogens with zero attached hydrogens (tertiary/aromatic N) is 2. The van der Waals surface area contributed by atoms with E-state index in [-0.39, 0.29) is 22.4 Å². The second-order valence-corrected chi connectivity index (χ2v) is 5.43. The molecule has 0 unspecified atom stereocenters. The van der Waals surface area contributed by atoms with Crippen LogP contribution in [0.1, 0.15) is 11.1 Å². The first-order chi connectivity index (χ1) is 9.17. The normalized spacial score (nSPS) is 20.1. The number of nitrogens with two attached hydrogens (primary N) is 1. The van der Waals surface area contributed by atoms with E-state index in [2.05, 4.69) is 0 Å². The molecule has 0 bridgehead atoms. The second kappa shape index (κ2) is 5.23. The Bertz CT molecular complexity index is 478. The molecule has 0 aromatic heterocycles. The van der Waals surface area contributed by atoms with Crippen LogP contribution in [0.15, 0.2) is 18.2 Å². The fourth-order valence-electron chi connectivity index (χ4n) is 2.32. The van der Waals surface area contributed by atoms with E-state index in [1.54, 1.807) is 7.05 Å². The summed E-state index contributed by atoms with van der Waals surface area (Å²) in [5, 5.41) is 11.7. The molecule has 1 heterocycles. The molecule has 4 nitrogen and oxygen atoms in total. The average Bonchev–Trinajstić information content (AvgIpc) is 2.33. The van der Waals surface area contributed by atoms with Gasteiger partial charge in [-0.15, -0.1) is 0 Å². The van der Waals surface area contributed by atoms with Gasteiger partial charge in [0.2, 0.25) is 0 Å². The maximum absolute atomic E-state index is 13.0. The van der Waals surface area contributed by atoms with Gasteiger partial charge in [-0.05, 0) is 17.7 Å². The lowest BCUT2D eigenvalue weighted by molar-refractivity contribution is -0.865. The zero-order valence-electron chi connectivity index (χ0n) is 11.3. The lowest BCUT2D eigenvalue weighted by atomic mass is 10.1. The summed E-state index contributed by atoms with van der Waals surface area (Å²) < 4.78 is 38.6. The quantitative estimate of drug-likeness (QED) is 0.515. The summed E-state index contributed by atoms with van der Waals surface area (Å²) >= 11 is 0. The molecule has 1 aromatic carbocycles. The number of rotatable bonds is 2. The van der Waals surface area contributed by atoms with Crippen molar-refractivity contribution in [3.05, 3.63) is 34.5 Å². The SMILES string of the molecule is C[N+]1([O-])CCN(Cc2ccc(N)cc2C(F)(F)F)CC1. The number of nitrogen functional groups attached to an aromatic ring is 1. The summed E-state index contributed by atoms with van der Waals surface area (Å²) in [4.78, 5) is 1.87. The highest BCUT2D eigenvalue weighted by Gasteiger charge is 2.34. The molecule has 1 fully saturated rings. The largest absolute Gasteiger partial charge is 0.633 e. The Balaban J connectivity index is 2.14. The lowest BCUT2D eigenvalue weighted by Gasteiger charge is -2.45. The van der Waals surface area contributed by atoms with Crippen LogP contribution >= 0.6 is 0 Å². The molecular formula is C13H18F3N3O. The van der Waals surface area contributed by atoms with Gasteiger partial charge in [0.05, 0.1) is 25.7 Å². The fraction of sp³-hybridized carbons (Fsp3) is 0.538. The Labute approximate surface area is 115 Å². The van der Waals surface area contributed by atoms with Crippen LogP contribution < -0.4 is 5.73 Å². The topological polar surface area (TPSA) is 52.3 Å². The summed E-state index contributed by atoms with van der Waals surface area (Å²) in [6, 6.07) is 3.85. The van der Waals surface area contributed by atoms with E-state index in [1.807, 2.05) is 4.90 Å². The number of halogens is 3. The van der Waals surface area contributed by atoms with E-state index < -0.39 is 11.7 Å². The number of alkyl halides is 3. The van der Waals surface area contributed by atoms with E-state index in [4.69, 9.17) is 5.73 Å². The molecule has 112 valence electrons. The minimum atomic E-state index is -4.41. The molecule has 20 heavy (non-hydrogen) atoms. The third kappa shape index (κ3) is 3.62. The highest BCUT2D eigenvalue weighted by atomic mass is 19.4. The van der Waals surface area contributed by atoms with Crippen molar-refractivity contribution in [2.24, 2.45) is 0 Å². The van der Waals surface area contributed by atoms with Crippen molar-refractivity contribution in [3.8, 4) is 0 Å². The van der Waals surface area contributed by atoms with Crippen molar-refractivity contribution in [1.29, 1.82) is 0 Å². The van der Waals surface area contributed by atoms with Gasteiger partial charge < -0.3 is 15.6 Å². The van der Waals surface area contributed by atoms with E-state index in [0.29, 0.717) is 26.2 Å². The van der Waals surface area contributed by atoms with Crippen LogP contribution in [0.25, 0.3) is 0 Å². The van der Waals surface area contributed by atoms with Crippen LogP contribution in [0, 0.1) is 5.21 Å². The predicted octanol–water partition coefficient (Wildman–Crippen LogP) is 2.05. The van der Waals surface area contributed by atoms with Crippen LogP contribution in [0.2, 0.25) is 0 Å². The van der Waals surface area contributed by atoms with Crippen molar-refractivity contribution in [3.63, 3.8) is 0 Å². The molecule has 2 rings (SSSR count). The van der Waals surface area contributed by atoms with Gasteiger partial charge in [0.25, 0.3) is 0 Å². The maximum Gasteiger partial charge on any atom is 0.416 e. The maximum atomic E-state index is 13.0. The van der Waals surface area contributed by atoms with Crippen LogP contribution in [0.3, 0.4) is 0 Å². The zero-order chi connectivity index (χ0) is 15.0. The van der Waals surface area contributed by atoms with Crippen LogP contribution in [-0.2, 0) is 12.7 Å². The summed E-state index contributed by atoms with van der Waals surface area (Å²) in [5.41, 5.74) is 5.05. The monoisotopic (exact) mass is 289 g/mol. The third-order valence-electron chi connectivity index (χ3n) is 3.61. The Morgan fingerprint density at radius 3 is 2.45 bits per heavy atom. The van der Waals surface area contributed by atoms with Gasteiger partial charge in [-0.25, -0.2) is 0 Å². The smallest absolute Gasteiger partial charge is 0.416 e. The summed E-state index contributed by atoms with van der Waals surface area (Å²) in [6.07, 6.45) is -4.41. The predicted molar refractivity (Wildman–Crippen MR) is 70.4 cm³/mol. The Morgan fingerprint density at radius 1 is 1.30 bits per heavy atom. The molecule has 0 spiro atoms. The number of anilines is 1. The minimum Gasteiger partial charge on any atom is -0.633 e. The van der Waals surface area contributed by atoms with Crippen molar-refractivity contribution in [2.45, 2.75) is 12.7 Å². The molecule has 7 heteroatoms. The molecule has 1 saturated heterocycles. The highest BCUT2D eigenvalue weighted by Crippen LogP contribution is 2.34. The third-order valence-corrected chi connectivity index (χ3v) is 3.61. The standard InChI is InChI=1S/C13H18F3N3O/c1-19(20)6-4-18(5-7-19)9-10-2-3-11(17)8-12(10)13(14,15)16/h2-3,8H,4-7,9,17H2,1H3. The Kier molecular flexibility index (Phi) is 3.95. The summed E-state index contributed by atoms with van der Waals surface area (Å²) in [5.74, 6) is 0. The van der Waals surface area contributed by atoms with Crippen LogP contribution in [0.5, 0.6) is 0 Å². The lowest BCUT2D eigenvalue weighted by Crippen LogP contribution is -2.53. The van der Waals surface area contributed by atoms with Gasteiger partial charge in [-0.3, -0.25) is 4.90 Å². The van der Waals surface area contributed by atoms with Gasteiger partial charge in [-0.1, -0.05) is 6.07 Å². The van der Waals surface area contributed by atoms with E-state index in [0.717, 1.165) is 6.07 Å². The van der Waals surface area contributed by atoms with E-state index in [1.165, 1.54) is 12.1 Å². The van der Waals surface area contributed by atoms with Gasteiger partial charge in [0, 0.05) is 25.3 Å². The van der Waals surface area contributed by atoms with Gasteiger partial charge >= 0.3 is 6.18 Å². The first-order valence-electron chi connectivity index (χ1n) is 6.41. The fourth-order valence-corrected chi connectivity index (χ4v) is 2.32.